The predicted molar refractivity (Wildman–Crippen MR) is 110 cm³/mol. The van der Waals surface area contributed by atoms with Crippen molar-refractivity contribution < 1.29 is 4.74 Å². The van der Waals surface area contributed by atoms with Gasteiger partial charge in [-0.15, -0.1) is 0 Å². The van der Waals surface area contributed by atoms with Crippen LogP contribution in [0.15, 0.2) is 30.3 Å². The molecule has 0 spiro atoms. The molecule has 0 aliphatic carbocycles. The molecule has 3 nitrogen and oxygen atoms in total. The molecular formula is C21H34N2OS. The van der Waals surface area contributed by atoms with Crippen molar-refractivity contribution in [1.29, 1.82) is 0 Å². The van der Waals surface area contributed by atoms with Gasteiger partial charge >= 0.3 is 0 Å². The third kappa shape index (κ3) is 7.74. The van der Waals surface area contributed by atoms with Crippen LogP contribution in [-0.4, -0.2) is 18.3 Å². The zero-order valence-electron chi connectivity index (χ0n) is 15.7. The molecule has 1 aromatic rings. The predicted octanol–water partition coefficient (Wildman–Crippen LogP) is 5.25. The fraction of sp³-hybridized carbons (Fsp3) is 0.667. The molecule has 4 heteroatoms. The van der Waals surface area contributed by atoms with Gasteiger partial charge in [-0.2, -0.15) is 0 Å². The number of nitrogens with one attached hydrogen (secondary N) is 2. The highest BCUT2D eigenvalue weighted by Crippen LogP contribution is 2.35. The Morgan fingerprint density at radius 3 is 2.08 bits per heavy atom. The number of hydrogen-bond acceptors (Lipinski definition) is 2. The van der Waals surface area contributed by atoms with Gasteiger partial charge < -0.3 is 15.4 Å². The van der Waals surface area contributed by atoms with Crippen LogP contribution in [0.1, 0.15) is 76.7 Å². The van der Waals surface area contributed by atoms with Crippen molar-refractivity contribution in [2.24, 2.45) is 0 Å². The lowest BCUT2D eigenvalue weighted by Crippen LogP contribution is -2.43. The molecule has 1 aliphatic heterocycles. The van der Waals surface area contributed by atoms with Crippen molar-refractivity contribution in [3.8, 4) is 0 Å². The van der Waals surface area contributed by atoms with E-state index in [1.807, 2.05) is 18.2 Å². The van der Waals surface area contributed by atoms with E-state index in [1.54, 1.807) is 0 Å². The standard InChI is InChI=1S/C21H34N2OS/c1-2-3-4-5-6-7-8-9-10-14-17-22-20(25)23-21(18-24-21)19-15-12-11-13-16-19/h11-13,15-16H,2-10,14,17-18H2,1H3,(H2,22,23,25). The highest BCUT2D eigenvalue weighted by molar-refractivity contribution is 7.80. The number of thiocarbonyl (C=S) groups is 1. The van der Waals surface area contributed by atoms with Gasteiger partial charge in [0.05, 0.1) is 0 Å². The Hall–Kier alpha value is -1.13. The second-order valence-electron chi connectivity index (χ2n) is 7.04. The Morgan fingerprint density at radius 1 is 0.960 bits per heavy atom. The fourth-order valence-electron chi connectivity index (χ4n) is 3.13. The first-order valence-electron chi connectivity index (χ1n) is 10.0. The van der Waals surface area contributed by atoms with Crippen LogP contribution in [0, 0.1) is 0 Å². The van der Waals surface area contributed by atoms with Crippen LogP contribution < -0.4 is 10.6 Å². The summed E-state index contributed by atoms with van der Waals surface area (Å²) in [5.41, 5.74) is 0.737. The van der Waals surface area contributed by atoms with E-state index in [0.717, 1.165) is 12.1 Å². The van der Waals surface area contributed by atoms with Crippen LogP contribution in [0.4, 0.5) is 0 Å². The number of rotatable bonds is 13. The third-order valence-corrected chi connectivity index (χ3v) is 5.05. The molecule has 140 valence electrons. The average molecular weight is 363 g/mol. The van der Waals surface area contributed by atoms with Crippen molar-refractivity contribution in [2.45, 2.75) is 76.9 Å². The lowest BCUT2D eigenvalue weighted by Gasteiger charge is -2.17. The third-order valence-electron chi connectivity index (χ3n) is 4.80. The highest BCUT2D eigenvalue weighted by atomic mass is 32.1. The second-order valence-corrected chi connectivity index (χ2v) is 7.45. The molecule has 2 N–H and O–H groups in total. The monoisotopic (exact) mass is 362 g/mol. The molecule has 1 fully saturated rings. The molecule has 0 aromatic heterocycles. The van der Waals surface area contributed by atoms with Crippen LogP contribution in [0.3, 0.4) is 0 Å². The minimum absolute atomic E-state index is 0.400. The molecule has 0 amide bonds. The van der Waals surface area contributed by atoms with E-state index in [2.05, 4.69) is 29.7 Å². The van der Waals surface area contributed by atoms with Gasteiger partial charge in [0.15, 0.2) is 10.8 Å². The molecule has 1 saturated heterocycles. The Kier molecular flexibility index (Phi) is 9.27. The zero-order valence-corrected chi connectivity index (χ0v) is 16.5. The van der Waals surface area contributed by atoms with Crippen molar-refractivity contribution in [2.75, 3.05) is 13.2 Å². The van der Waals surface area contributed by atoms with Crippen molar-refractivity contribution in [3.63, 3.8) is 0 Å². The average Bonchev–Trinajstić information content (AvgIpc) is 3.41. The van der Waals surface area contributed by atoms with Gasteiger partial charge in [0.25, 0.3) is 0 Å². The molecule has 0 bridgehead atoms. The number of hydrogen-bond donors (Lipinski definition) is 2. The number of unbranched alkanes of at least 4 members (excludes halogenated alkanes) is 9. The molecule has 1 aliphatic rings. The summed E-state index contributed by atoms with van der Waals surface area (Å²) in [6.45, 7) is 3.89. The highest BCUT2D eigenvalue weighted by Gasteiger charge is 2.47. The minimum atomic E-state index is -0.400. The van der Waals surface area contributed by atoms with Gasteiger partial charge in [-0.1, -0.05) is 95.0 Å². The van der Waals surface area contributed by atoms with Crippen LogP contribution >= 0.6 is 12.2 Å². The summed E-state index contributed by atoms with van der Waals surface area (Å²) in [5, 5.41) is 7.32. The Balaban J connectivity index is 1.45. The quantitative estimate of drug-likeness (QED) is 0.285. The summed E-state index contributed by atoms with van der Waals surface area (Å²) >= 11 is 5.41. The van der Waals surface area contributed by atoms with Crippen molar-refractivity contribution >= 4 is 17.3 Å². The van der Waals surface area contributed by atoms with E-state index in [9.17, 15) is 0 Å². The molecule has 1 atom stereocenters. The van der Waals surface area contributed by atoms with Gasteiger partial charge in [-0.25, -0.2) is 0 Å². The molecular weight excluding hydrogens is 328 g/mol. The number of epoxide rings is 1. The lowest BCUT2D eigenvalue weighted by molar-refractivity contribution is 0.289. The summed E-state index contributed by atoms with van der Waals surface area (Å²) in [6, 6.07) is 10.2. The van der Waals surface area contributed by atoms with Crippen LogP contribution in [0.2, 0.25) is 0 Å². The van der Waals surface area contributed by atoms with Crippen LogP contribution in [0.5, 0.6) is 0 Å². The van der Waals surface area contributed by atoms with E-state index in [0.29, 0.717) is 11.7 Å². The smallest absolute Gasteiger partial charge is 0.190 e. The first kappa shape index (κ1) is 20.2. The molecule has 1 aromatic carbocycles. The molecule has 2 rings (SSSR count). The fourth-order valence-corrected chi connectivity index (χ4v) is 3.40. The summed E-state index contributed by atoms with van der Waals surface area (Å²) in [7, 11) is 0. The van der Waals surface area contributed by atoms with Gasteiger partial charge in [-0.3, -0.25) is 0 Å². The second kappa shape index (κ2) is 11.5. The largest absolute Gasteiger partial charge is 0.363 e. The minimum Gasteiger partial charge on any atom is -0.363 e. The number of ether oxygens (including phenoxy) is 1. The van der Waals surface area contributed by atoms with E-state index in [1.165, 1.54) is 64.2 Å². The Labute approximate surface area is 158 Å². The van der Waals surface area contributed by atoms with Gasteiger partial charge in [0.2, 0.25) is 0 Å². The summed E-state index contributed by atoms with van der Waals surface area (Å²) in [6.07, 6.45) is 13.5. The lowest BCUT2D eigenvalue weighted by atomic mass is 10.1. The zero-order chi connectivity index (χ0) is 17.8. The molecule has 1 unspecified atom stereocenters. The van der Waals surface area contributed by atoms with Gasteiger partial charge in [-0.05, 0) is 18.6 Å². The normalized spacial score (nSPS) is 18.8. The molecule has 1 heterocycles. The van der Waals surface area contributed by atoms with Crippen molar-refractivity contribution in [3.05, 3.63) is 35.9 Å². The Morgan fingerprint density at radius 2 is 1.52 bits per heavy atom. The van der Waals surface area contributed by atoms with Crippen LogP contribution in [-0.2, 0) is 10.5 Å². The van der Waals surface area contributed by atoms with E-state index < -0.39 is 5.72 Å². The first-order valence-corrected chi connectivity index (χ1v) is 10.4. The summed E-state index contributed by atoms with van der Waals surface area (Å²) in [4.78, 5) is 0. The van der Waals surface area contributed by atoms with Gasteiger partial charge in [0, 0.05) is 12.1 Å². The van der Waals surface area contributed by atoms with Crippen molar-refractivity contribution in [1.82, 2.24) is 10.6 Å². The molecule has 0 saturated carbocycles. The topological polar surface area (TPSA) is 36.6 Å². The van der Waals surface area contributed by atoms with E-state index >= 15 is 0 Å². The summed E-state index contributed by atoms with van der Waals surface area (Å²) in [5.74, 6) is 0. The van der Waals surface area contributed by atoms with E-state index in [-0.39, 0.29) is 0 Å². The van der Waals surface area contributed by atoms with Gasteiger partial charge in [0.1, 0.15) is 6.61 Å². The maximum Gasteiger partial charge on any atom is 0.190 e. The molecule has 0 radical (unpaired) electrons. The SMILES string of the molecule is CCCCCCCCCCCCNC(=S)NC1(c2ccccc2)CO1. The van der Waals surface area contributed by atoms with E-state index in [4.69, 9.17) is 17.0 Å². The summed E-state index contributed by atoms with van der Waals surface area (Å²) < 4.78 is 5.62. The maximum absolute atomic E-state index is 5.62. The van der Waals surface area contributed by atoms with Crippen LogP contribution in [0.25, 0.3) is 0 Å². The first-order chi connectivity index (χ1) is 12.3. The Bertz CT molecular complexity index is 488. The molecule has 25 heavy (non-hydrogen) atoms. The number of benzene rings is 1. The maximum atomic E-state index is 5.62.